The molecule has 214 valence electrons. The molecule has 0 fully saturated rings. The van der Waals surface area contributed by atoms with Crippen molar-refractivity contribution < 1.29 is 18.0 Å². The molecule has 0 saturated heterocycles. The van der Waals surface area contributed by atoms with Crippen LogP contribution in [0.2, 0.25) is 5.02 Å². The Bertz CT molecular complexity index is 1390. The third kappa shape index (κ3) is 8.08. The highest BCUT2D eigenvalue weighted by Crippen LogP contribution is 2.26. The van der Waals surface area contributed by atoms with E-state index < -0.39 is 28.5 Å². The molecule has 2 amide bonds. The lowest BCUT2D eigenvalue weighted by atomic mass is 10.1. The number of carbonyl (C=O) groups excluding carboxylic acids is 2. The average molecular weight is 584 g/mol. The molecule has 3 aromatic rings. The maximum Gasteiger partial charge on any atom is 0.264 e. The van der Waals surface area contributed by atoms with Gasteiger partial charge in [0.15, 0.2) is 0 Å². The van der Waals surface area contributed by atoms with Crippen molar-refractivity contribution >= 4 is 39.1 Å². The lowest BCUT2D eigenvalue weighted by Gasteiger charge is -2.33. The van der Waals surface area contributed by atoms with Gasteiger partial charge in [0.05, 0.1) is 10.6 Å². The molecule has 0 aliphatic heterocycles. The number of carbonyl (C=O) groups is 2. The second-order valence-corrected chi connectivity index (χ2v) is 12.7. The van der Waals surface area contributed by atoms with Crippen molar-refractivity contribution in [1.82, 2.24) is 10.2 Å². The van der Waals surface area contributed by atoms with E-state index in [1.54, 1.807) is 60.7 Å². The van der Waals surface area contributed by atoms with Gasteiger partial charge in [0, 0.05) is 18.1 Å². The van der Waals surface area contributed by atoms with Crippen molar-refractivity contribution in [3.63, 3.8) is 0 Å². The highest BCUT2D eigenvalue weighted by Gasteiger charge is 2.33. The van der Waals surface area contributed by atoms with Gasteiger partial charge in [-0.05, 0) is 68.1 Å². The van der Waals surface area contributed by atoms with Crippen LogP contribution in [0.1, 0.15) is 43.9 Å². The van der Waals surface area contributed by atoms with Crippen molar-refractivity contribution in [2.75, 3.05) is 17.4 Å². The van der Waals surface area contributed by atoms with E-state index in [1.807, 2.05) is 34.6 Å². The van der Waals surface area contributed by atoms with Gasteiger partial charge in [0.1, 0.15) is 12.6 Å². The molecular weight excluding hydrogens is 546 g/mol. The van der Waals surface area contributed by atoms with Crippen LogP contribution in [-0.2, 0) is 26.2 Å². The minimum atomic E-state index is -4.10. The molecule has 9 heteroatoms. The van der Waals surface area contributed by atoms with Crippen LogP contribution >= 0.6 is 11.6 Å². The number of halogens is 1. The minimum Gasteiger partial charge on any atom is -0.354 e. The van der Waals surface area contributed by atoms with E-state index in [9.17, 15) is 18.0 Å². The Kier molecular flexibility index (Phi) is 10.8. The maximum absolute atomic E-state index is 14.1. The second-order valence-electron chi connectivity index (χ2n) is 10.4. The predicted molar refractivity (Wildman–Crippen MR) is 161 cm³/mol. The number of anilines is 1. The molecule has 1 N–H and O–H groups in total. The molecule has 3 aromatic carbocycles. The van der Waals surface area contributed by atoms with E-state index in [0.29, 0.717) is 23.7 Å². The number of sulfonamides is 1. The van der Waals surface area contributed by atoms with Gasteiger partial charge in [-0.1, -0.05) is 79.9 Å². The summed E-state index contributed by atoms with van der Waals surface area (Å²) in [6, 6.07) is 19.7. The molecule has 0 bridgehead atoms. The van der Waals surface area contributed by atoms with Crippen molar-refractivity contribution in [2.45, 2.75) is 58.5 Å². The Balaban J connectivity index is 2.03. The first kappa shape index (κ1) is 31.2. The first-order chi connectivity index (χ1) is 18.9. The topological polar surface area (TPSA) is 86.8 Å². The number of hydrogen-bond donors (Lipinski definition) is 1. The van der Waals surface area contributed by atoms with Crippen molar-refractivity contribution in [3.05, 3.63) is 94.5 Å². The van der Waals surface area contributed by atoms with Crippen LogP contribution in [0.4, 0.5) is 5.69 Å². The summed E-state index contributed by atoms with van der Waals surface area (Å²) in [6.07, 6.45) is 0.360. The van der Waals surface area contributed by atoms with E-state index in [0.717, 1.165) is 21.0 Å². The Hall–Kier alpha value is -3.36. The molecule has 0 aliphatic carbocycles. The van der Waals surface area contributed by atoms with Crippen LogP contribution in [0, 0.1) is 19.8 Å². The zero-order valence-corrected chi connectivity index (χ0v) is 25.3. The van der Waals surface area contributed by atoms with Crippen molar-refractivity contribution in [3.8, 4) is 0 Å². The molecule has 0 unspecified atom stereocenters. The van der Waals surface area contributed by atoms with Crippen LogP contribution in [-0.4, -0.2) is 44.3 Å². The normalized spacial score (nSPS) is 12.2. The van der Waals surface area contributed by atoms with Crippen LogP contribution in [0.5, 0.6) is 0 Å². The number of benzene rings is 3. The van der Waals surface area contributed by atoms with E-state index in [2.05, 4.69) is 5.32 Å². The first-order valence-electron chi connectivity index (χ1n) is 13.4. The van der Waals surface area contributed by atoms with Gasteiger partial charge in [0.25, 0.3) is 10.0 Å². The summed E-state index contributed by atoms with van der Waals surface area (Å²) in [7, 11) is -4.10. The summed E-state index contributed by atoms with van der Waals surface area (Å²) in [5.41, 5.74) is 3.02. The van der Waals surface area contributed by atoms with Crippen LogP contribution < -0.4 is 9.62 Å². The minimum absolute atomic E-state index is 0.0810. The number of aryl methyl sites for hydroxylation is 2. The van der Waals surface area contributed by atoms with Gasteiger partial charge >= 0.3 is 0 Å². The van der Waals surface area contributed by atoms with Gasteiger partial charge in [0.2, 0.25) is 11.8 Å². The summed E-state index contributed by atoms with van der Waals surface area (Å²) in [6.45, 7) is 9.72. The second kappa shape index (κ2) is 13.8. The fraction of sp³-hybridized carbons (Fsp3) is 0.355. The molecule has 3 rings (SSSR count). The molecule has 0 heterocycles. The van der Waals surface area contributed by atoms with E-state index >= 15 is 0 Å². The molecule has 7 nitrogen and oxygen atoms in total. The summed E-state index contributed by atoms with van der Waals surface area (Å²) < 4.78 is 28.9. The fourth-order valence-corrected chi connectivity index (χ4v) is 5.75. The predicted octanol–water partition coefficient (Wildman–Crippen LogP) is 5.73. The summed E-state index contributed by atoms with van der Waals surface area (Å²) in [4.78, 5) is 28.9. The molecule has 40 heavy (non-hydrogen) atoms. The summed E-state index contributed by atoms with van der Waals surface area (Å²) in [5.74, 6) is -0.530. The lowest BCUT2D eigenvalue weighted by Crippen LogP contribution is -2.52. The lowest BCUT2D eigenvalue weighted by molar-refractivity contribution is -0.140. The number of hydrogen-bond acceptors (Lipinski definition) is 4. The Labute approximate surface area is 243 Å². The monoisotopic (exact) mass is 583 g/mol. The SMILES string of the molecule is CC[C@@H](C(=O)NCC(C)C)N(Cc1ccc(Cl)cc1)C(=O)CN(c1ccc(C)cc1)S(=O)(=O)c1ccc(C)cc1. The van der Waals surface area contributed by atoms with Gasteiger partial charge in [-0.25, -0.2) is 8.42 Å². The number of nitrogens with zero attached hydrogens (tertiary/aromatic N) is 2. The Morgan fingerprint density at radius 1 is 0.875 bits per heavy atom. The summed E-state index contributed by atoms with van der Waals surface area (Å²) >= 11 is 6.07. The molecule has 0 aromatic heterocycles. The number of nitrogens with one attached hydrogen (secondary N) is 1. The van der Waals surface area contributed by atoms with Gasteiger partial charge in [-0.15, -0.1) is 0 Å². The van der Waals surface area contributed by atoms with Crippen LogP contribution in [0.15, 0.2) is 77.7 Å². The smallest absolute Gasteiger partial charge is 0.264 e. The average Bonchev–Trinajstić information content (AvgIpc) is 2.92. The molecule has 0 saturated carbocycles. The van der Waals surface area contributed by atoms with Gasteiger partial charge in [-0.3, -0.25) is 13.9 Å². The molecule has 0 spiro atoms. The van der Waals surface area contributed by atoms with Crippen LogP contribution in [0.3, 0.4) is 0 Å². The van der Waals surface area contributed by atoms with Gasteiger partial charge < -0.3 is 10.2 Å². The third-order valence-electron chi connectivity index (χ3n) is 6.55. The molecule has 0 aliphatic rings. The highest BCUT2D eigenvalue weighted by molar-refractivity contribution is 7.92. The fourth-order valence-electron chi connectivity index (χ4n) is 4.21. The Morgan fingerprint density at radius 3 is 1.95 bits per heavy atom. The Morgan fingerprint density at radius 2 is 1.43 bits per heavy atom. The zero-order valence-electron chi connectivity index (χ0n) is 23.7. The highest BCUT2D eigenvalue weighted by atomic mass is 35.5. The quantitative estimate of drug-likeness (QED) is 0.295. The zero-order chi connectivity index (χ0) is 29.4. The summed E-state index contributed by atoms with van der Waals surface area (Å²) in [5, 5.41) is 3.48. The standard InChI is InChI=1S/C31H38ClN3O4S/c1-6-29(31(37)33-19-22(2)3)34(20-25-11-13-26(32)14-12-25)30(36)21-35(27-15-7-23(4)8-16-27)40(38,39)28-17-9-24(5)10-18-28/h7-18,22,29H,6,19-21H2,1-5H3,(H,33,37)/t29-/m0/s1. The van der Waals surface area contributed by atoms with Crippen LogP contribution in [0.25, 0.3) is 0 Å². The van der Waals surface area contributed by atoms with E-state index in [4.69, 9.17) is 11.6 Å². The number of amides is 2. The number of rotatable bonds is 12. The van der Waals surface area contributed by atoms with Crippen molar-refractivity contribution in [2.24, 2.45) is 5.92 Å². The van der Waals surface area contributed by atoms with Gasteiger partial charge in [-0.2, -0.15) is 0 Å². The largest absolute Gasteiger partial charge is 0.354 e. The van der Waals surface area contributed by atoms with E-state index in [-0.39, 0.29) is 23.3 Å². The van der Waals surface area contributed by atoms with E-state index in [1.165, 1.54) is 17.0 Å². The molecule has 0 radical (unpaired) electrons. The molecular formula is C31H38ClN3O4S. The van der Waals surface area contributed by atoms with Crippen molar-refractivity contribution in [1.29, 1.82) is 0 Å². The third-order valence-corrected chi connectivity index (χ3v) is 8.59. The maximum atomic E-state index is 14.1. The molecule has 1 atom stereocenters. The first-order valence-corrected chi connectivity index (χ1v) is 15.2.